The molecule has 5 heteroatoms. The molecule has 0 radical (unpaired) electrons. The van der Waals surface area contributed by atoms with Gasteiger partial charge in [-0.3, -0.25) is 0 Å². The van der Waals surface area contributed by atoms with Crippen molar-refractivity contribution in [1.29, 1.82) is 0 Å². The molecule has 1 aliphatic carbocycles. The van der Waals surface area contributed by atoms with E-state index in [2.05, 4.69) is 231 Å². The molecule has 1 aliphatic heterocycles. The van der Waals surface area contributed by atoms with Gasteiger partial charge < -0.3 is 9.47 Å². The Labute approximate surface area is 400 Å². The Hall–Kier alpha value is -9.19. The monoisotopic (exact) mass is 883 g/mol. The number of ether oxygens (including phenoxy) is 2. The van der Waals surface area contributed by atoms with Gasteiger partial charge >= 0.3 is 0 Å². The van der Waals surface area contributed by atoms with Crippen LogP contribution in [0.15, 0.2) is 249 Å². The Morgan fingerprint density at radius 3 is 1.17 bits per heavy atom. The van der Waals surface area contributed by atoms with Gasteiger partial charge in [0.1, 0.15) is 0 Å². The van der Waals surface area contributed by atoms with Crippen LogP contribution in [0.1, 0.15) is 22.3 Å². The second-order valence-electron chi connectivity index (χ2n) is 17.5. The van der Waals surface area contributed by atoms with Crippen molar-refractivity contribution in [2.45, 2.75) is 5.41 Å². The molecule has 0 saturated heterocycles. The quantitative estimate of drug-likeness (QED) is 0.152. The van der Waals surface area contributed by atoms with Crippen molar-refractivity contribution in [3.63, 3.8) is 0 Å². The highest BCUT2D eigenvalue weighted by molar-refractivity contribution is 5.88. The fraction of sp³-hybridized carbons (Fsp3) is 0.0156. The highest BCUT2D eigenvalue weighted by Gasteiger charge is 2.47. The minimum atomic E-state index is -0.541. The molecule has 0 bridgehead atoms. The Morgan fingerprint density at radius 1 is 0.246 bits per heavy atom. The van der Waals surface area contributed by atoms with E-state index in [1.807, 2.05) is 18.2 Å². The molecule has 5 nitrogen and oxygen atoms in total. The number of hydrogen-bond donors (Lipinski definition) is 0. The highest BCUT2D eigenvalue weighted by Crippen LogP contribution is 2.60. The molecular weight excluding hydrogens is 843 g/mol. The average molecular weight is 884 g/mol. The number of hydrogen-bond acceptors (Lipinski definition) is 5. The molecule has 0 N–H and O–H groups in total. The molecule has 0 spiro atoms. The molecule has 324 valence electrons. The first-order valence-corrected chi connectivity index (χ1v) is 23.2. The van der Waals surface area contributed by atoms with Crippen molar-refractivity contribution in [3.8, 4) is 102 Å². The molecule has 11 aromatic rings. The van der Waals surface area contributed by atoms with E-state index >= 15 is 0 Å². The van der Waals surface area contributed by atoms with Crippen LogP contribution in [-0.2, 0) is 5.41 Å². The molecule has 69 heavy (non-hydrogen) atoms. The van der Waals surface area contributed by atoms with E-state index in [1.165, 1.54) is 22.3 Å². The fourth-order valence-corrected chi connectivity index (χ4v) is 10.2. The molecule has 2 aliphatic rings. The van der Waals surface area contributed by atoms with Crippen LogP contribution in [0.25, 0.3) is 78.7 Å². The second-order valence-corrected chi connectivity index (χ2v) is 17.5. The van der Waals surface area contributed by atoms with Gasteiger partial charge in [-0.15, -0.1) is 0 Å². The number of rotatable bonds is 8. The summed E-state index contributed by atoms with van der Waals surface area (Å²) in [5.74, 6) is 4.44. The van der Waals surface area contributed by atoms with Gasteiger partial charge in [-0.05, 0) is 109 Å². The summed E-state index contributed by atoms with van der Waals surface area (Å²) in [4.78, 5) is 15.5. The van der Waals surface area contributed by atoms with Crippen molar-refractivity contribution < 1.29 is 9.47 Å². The molecule has 0 amide bonds. The topological polar surface area (TPSA) is 57.1 Å². The van der Waals surface area contributed by atoms with Crippen molar-refractivity contribution >= 4 is 0 Å². The lowest BCUT2D eigenvalue weighted by Gasteiger charge is -2.34. The van der Waals surface area contributed by atoms with E-state index in [0.717, 1.165) is 61.2 Å². The number of nitrogens with zero attached hydrogens (tertiary/aromatic N) is 3. The van der Waals surface area contributed by atoms with Gasteiger partial charge in [0, 0.05) is 16.7 Å². The third-order valence-electron chi connectivity index (χ3n) is 13.5. The average Bonchev–Trinajstić information content (AvgIpc) is 3.72. The molecule has 13 rings (SSSR count). The highest BCUT2D eigenvalue weighted by atomic mass is 16.6. The van der Waals surface area contributed by atoms with Gasteiger partial charge in [-0.2, -0.15) is 0 Å². The van der Waals surface area contributed by atoms with Crippen molar-refractivity contribution in [3.05, 3.63) is 271 Å². The normalized spacial score (nSPS) is 12.7. The summed E-state index contributed by atoms with van der Waals surface area (Å²) in [7, 11) is 0. The Balaban J connectivity index is 0.880. The van der Waals surface area contributed by atoms with E-state index in [1.54, 1.807) is 0 Å². The summed E-state index contributed by atoms with van der Waals surface area (Å²) in [6, 6.07) is 86.7. The maximum Gasteiger partial charge on any atom is 0.170 e. The van der Waals surface area contributed by atoms with Crippen LogP contribution >= 0.6 is 0 Å². The van der Waals surface area contributed by atoms with E-state index in [0.29, 0.717) is 40.5 Å². The van der Waals surface area contributed by atoms with Crippen LogP contribution < -0.4 is 9.47 Å². The fourth-order valence-electron chi connectivity index (χ4n) is 10.2. The van der Waals surface area contributed by atoms with Gasteiger partial charge in [0.2, 0.25) is 0 Å². The Bertz CT molecular complexity index is 3580. The van der Waals surface area contributed by atoms with Crippen molar-refractivity contribution in [2.24, 2.45) is 0 Å². The predicted octanol–water partition coefficient (Wildman–Crippen LogP) is 16.1. The number of fused-ring (bicyclic) bond motifs is 5. The second kappa shape index (κ2) is 16.6. The lowest BCUT2D eigenvalue weighted by Crippen LogP contribution is -2.28. The molecule has 10 aromatic carbocycles. The van der Waals surface area contributed by atoms with Crippen LogP contribution in [-0.4, -0.2) is 15.0 Å². The molecule has 2 heterocycles. The first kappa shape index (κ1) is 40.1. The standard InChI is InChI=1S/C64H41N3O2/c1-5-18-42(19-6-1)44-22-15-25-48(36-44)61-65-62(49-26-16-23-45(37-49)43-20-7-2-8-21-43)67-63(66-61)50-27-17-24-46(38-50)47-34-35-57-58(39-47)69-59-40-54-53-32-13-14-33-55(53)64(51-28-9-3-10-29-51,52-30-11-4-12-31-52)56(54)41-60(59)68-57/h1-41H. The van der Waals surface area contributed by atoms with Crippen LogP contribution in [0.2, 0.25) is 0 Å². The summed E-state index contributed by atoms with van der Waals surface area (Å²) in [6.07, 6.45) is 0. The third kappa shape index (κ3) is 6.99. The predicted molar refractivity (Wildman–Crippen MR) is 276 cm³/mol. The smallest absolute Gasteiger partial charge is 0.170 e. The Kier molecular flexibility index (Phi) is 9.65. The van der Waals surface area contributed by atoms with Crippen LogP contribution in [0, 0.1) is 0 Å². The van der Waals surface area contributed by atoms with Gasteiger partial charge in [-0.25, -0.2) is 15.0 Å². The van der Waals surface area contributed by atoms with Crippen LogP contribution in [0.3, 0.4) is 0 Å². The summed E-state index contributed by atoms with van der Waals surface area (Å²) in [5, 5.41) is 0. The van der Waals surface area contributed by atoms with Gasteiger partial charge in [0.15, 0.2) is 40.5 Å². The van der Waals surface area contributed by atoms with Gasteiger partial charge in [0.05, 0.1) is 5.41 Å². The molecule has 0 atom stereocenters. The largest absolute Gasteiger partial charge is 0.450 e. The summed E-state index contributed by atoms with van der Waals surface area (Å²) in [6.45, 7) is 0. The molecule has 0 unspecified atom stereocenters. The maximum atomic E-state index is 6.83. The minimum absolute atomic E-state index is 0.541. The first-order chi connectivity index (χ1) is 34.2. The molecule has 1 aromatic heterocycles. The number of benzene rings is 10. The lowest BCUT2D eigenvalue weighted by atomic mass is 9.67. The van der Waals surface area contributed by atoms with Crippen molar-refractivity contribution in [2.75, 3.05) is 0 Å². The van der Waals surface area contributed by atoms with Gasteiger partial charge in [0.25, 0.3) is 0 Å². The van der Waals surface area contributed by atoms with Crippen molar-refractivity contribution in [1.82, 2.24) is 15.0 Å². The van der Waals surface area contributed by atoms with Crippen LogP contribution in [0.4, 0.5) is 0 Å². The zero-order valence-corrected chi connectivity index (χ0v) is 37.3. The molecule has 0 saturated carbocycles. The summed E-state index contributed by atoms with van der Waals surface area (Å²) in [5.41, 5.74) is 15.6. The van der Waals surface area contributed by atoms with E-state index in [-0.39, 0.29) is 0 Å². The minimum Gasteiger partial charge on any atom is -0.450 e. The van der Waals surface area contributed by atoms with Crippen LogP contribution in [0.5, 0.6) is 23.0 Å². The number of aromatic nitrogens is 3. The zero-order chi connectivity index (χ0) is 45.7. The maximum absolute atomic E-state index is 6.83. The molecule has 0 fully saturated rings. The zero-order valence-electron chi connectivity index (χ0n) is 37.3. The van der Waals surface area contributed by atoms with Gasteiger partial charge in [-0.1, -0.05) is 206 Å². The summed E-state index contributed by atoms with van der Waals surface area (Å²) < 4.78 is 13.6. The Morgan fingerprint density at radius 2 is 0.638 bits per heavy atom. The first-order valence-electron chi connectivity index (χ1n) is 23.2. The van der Waals surface area contributed by atoms with E-state index < -0.39 is 5.41 Å². The van der Waals surface area contributed by atoms with E-state index in [9.17, 15) is 0 Å². The lowest BCUT2D eigenvalue weighted by molar-refractivity contribution is 0.359. The SMILES string of the molecule is c1ccc(-c2cccc(-c3nc(-c4cccc(-c5ccccc5)c4)nc(-c4cccc(-c5ccc6c(c5)Oc5cc7c(cc5O6)C(c5ccccc5)(c5ccccc5)c5ccccc5-7)c4)n3)c2)cc1. The molecular formula is C64H41N3O2. The van der Waals surface area contributed by atoms with E-state index in [4.69, 9.17) is 24.4 Å². The summed E-state index contributed by atoms with van der Waals surface area (Å²) >= 11 is 0. The third-order valence-corrected chi connectivity index (χ3v) is 13.5.